The van der Waals surface area contributed by atoms with Crippen molar-refractivity contribution in [1.29, 1.82) is 0 Å². The molecule has 1 aliphatic rings. The van der Waals surface area contributed by atoms with Gasteiger partial charge in [0.25, 0.3) is 0 Å². The molecule has 2 rings (SSSR count). The lowest BCUT2D eigenvalue weighted by molar-refractivity contribution is 0.165. The van der Waals surface area contributed by atoms with E-state index in [2.05, 4.69) is 13.8 Å². The van der Waals surface area contributed by atoms with E-state index in [0.717, 1.165) is 33.5 Å². The lowest BCUT2D eigenvalue weighted by Gasteiger charge is -2.40. The average Bonchev–Trinajstić information content (AvgIpc) is 2.50. The highest BCUT2D eigenvalue weighted by Crippen LogP contribution is 2.46. The summed E-state index contributed by atoms with van der Waals surface area (Å²) in [6.07, 6.45) is 8.52. The summed E-state index contributed by atoms with van der Waals surface area (Å²) in [7, 11) is 1.12. The van der Waals surface area contributed by atoms with Crippen LogP contribution in [0, 0.1) is 17.0 Å². The van der Waals surface area contributed by atoms with E-state index in [1.165, 1.54) is 50.3 Å². The van der Waals surface area contributed by atoms with Crippen LogP contribution in [0.3, 0.4) is 0 Å². The van der Waals surface area contributed by atoms with E-state index in [-0.39, 0.29) is 0 Å². The summed E-state index contributed by atoms with van der Waals surface area (Å²) in [6.45, 7) is 4.57. The van der Waals surface area contributed by atoms with Crippen molar-refractivity contribution in [3.05, 3.63) is 35.4 Å². The quantitative estimate of drug-likeness (QED) is 0.583. The van der Waals surface area contributed by atoms with Crippen LogP contribution in [0.15, 0.2) is 18.2 Å². The van der Waals surface area contributed by atoms with Crippen molar-refractivity contribution in [3.8, 4) is 0 Å². The topological polar surface area (TPSA) is 0 Å². The Kier molecular flexibility index (Phi) is 5.97. The maximum absolute atomic E-state index is 13.3. The highest BCUT2D eigenvalue weighted by Gasteiger charge is 2.33. The molecule has 0 atom stereocenters. The Labute approximate surface area is 130 Å². The van der Waals surface area contributed by atoms with Crippen molar-refractivity contribution in [2.24, 2.45) is 5.41 Å². The Morgan fingerprint density at radius 1 is 1.14 bits per heavy atom. The molecule has 0 saturated heterocycles. The molecule has 1 saturated carbocycles. The first-order chi connectivity index (χ1) is 10.1. The maximum Gasteiger partial charge on any atom is 0.159 e. The van der Waals surface area contributed by atoms with E-state index < -0.39 is 11.6 Å². The fraction of sp³-hybridized carbons (Fsp3) is 0.667. The van der Waals surface area contributed by atoms with Crippen molar-refractivity contribution >= 4 is 9.52 Å². The molecule has 0 N–H and O–H groups in total. The zero-order valence-electron chi connectivity index (χ0n) is 13.2. The van der Waals surface area contributed by atoms with Gasteiger partial charge in [0.05, 0.1) is 0 Å². The monoisotopic (exact) mass is 308 g/mol. The van der Waals surface area contributed by atoms with Crippen LogP contribution in [0.4, 0.5) is 8.78 Å². The second-order valence-electron chi connectivity index (χ2n) is 6.43. The summed E-state index contributed by atoms with van der Waals surface area (Å²) >= 11 is 0. The predicted molar refractivity (Wildman–Crippen MR) is 85.9 cm³/mol. The van der Waals surface area contributed by atoms with Crippen LogP contribution >= 0.6 is 0 Å². The Hall–Kier alpha value is -0.703. The van der Waals surface area contributed by atoms with Gasteiger partial charge < -0.3 is 0 Å². The zero-order valence-corrected chi connectivity index (χ0v) is 14.2. The molecule has 0 heterocycles. The lowest BCUT2D eigenvalue weighted by atomic mass is 9.69. The first-order valence-corrected chi connectivity index (χ1v) is 9.54. The number of halogens is 2. The van der Waals surface area contributed by atoms with E-state index in [9.17, 15) is 8.78 Å². The van der Waals surface area contributed by atoms with Crippen molar-refractivity contribution in [2.75, 3.05) is 0 Å². The highest BCUT2D eigenvalue weighted by molar-refractivity contribution is 6.37. The molecule has 0 nitrogen and oxygen atoms in total. The molecule has 0 aromatic heterocycles. The third-order valence-corrected chi connectivity index (χ3v) is 6.78. The second-order valence-corrected chi connectivity index (χ2v) is 8.37. The van der Waals surface area contributed by atoms with Gasteiger partial charge in [-0.15, -0.1) is 0 Å². The number of rotatable bonds is 6. The van der Waals surface area contributed by atoms with E-state index in [0.29, 0.717) is 5.41 Å². The summed E-state index contributed by atoms with van der Waals surface area (Å²) in [4.78, 5) is 0. The van der Waals surface area contributed by atoms with Gasteiger partial charge in [0.2, 0.25) is 0 Å². The van der Waals surface area contributed by atoms with Crippen LogP contribution in [0.25, 0.3) is 0 Å². The van der Waals surface area contributed by atoms with Crippen LogP contribution in [0.1, 0.15) is 57.9 Å². The van der Waals surface area contributed by atoms with Crippen LogP contribution in [-0.2, 0) is 6.42 Å². The summed E-state index contributed by atoms with van der Waals surface area (Å²) in [5.74, 6) is -1.46. The molecule has 21 heavy (non-hydrogen) atoms. The standard InChI is InChI=1S/C18H26F2Si/c1-3-18(11-8-15(9-12-18)21-4-2)10-7-14-5-6-16(19)17(20)13-14/h5-6,13,15H,3-4,7-12H2,1-2H3. The smallest absolute Gasteiger partial charge is 0.159 e. The Morgan fingerprint density at radius 3 is 2.43 bits per heavy atom. The van der Waals surface area contributed by atoms with E-state index >= 15 is 0 Å². The molecular weight excluding hydrogens is 282 g/mol. The molecule has 1 fully saturated rings. The number of benzene rings is 1. The summed E-state index contributed by atoms with van der Waals surface area (Å²) in [6, 6.07) is 5.66. The molecule has 3 heteroatoms. The fourth-order valence-electron chi connectivity index (χ4n) is 3.61. The van der Waals surface area contributed by atoms with Gasteiger partial charge in [-0.3, -0.25) is 0 Å². The molecule has 0 spiro atoms. The summed E-state index contributed by atoms with van der Waals surface area (Å²) < 4.78 is 26.3. The fourth-order valence-corrected chi connectivity index (χ4v) is 4.88. The van der Waals surface area contributed by atoms with Gasteiger partial charge in [-0.25, -0.2) is 8.78 Å². The Balaban J connectivity index is 1.92. The van der Waals surface area contributed by atoms with E-state index in [4.69, 9.17) is 0 Å². The van der Waals surface area contributed by atoms with Gasteiger partial charge in [-0.2, -0.15) is 0 Å². The zero-order chi connectivity index (χ0) is 15.3. The van der Waals surface area contributed by atoms with Crippen LogP contribution in [0.2, 0.25) is 11.6 Å². The minimum absolute atomic E-state index is 0.430. The largest absolute Gasteiger partial charge is 0.204 e. The third kappa shape index (κ3) is 4.38. The van der Waals surface area contributed by atoms with Gasteiger partial charge in [0.15, 0.2) is 11.6 Å². The SMILES string of the molecule is CC[Si]C1CCC(CC)(CCc2ccc(F)c(F)c2)CC1. The second kappa shape index (κ2) is 7.53. The molecular formula is C18H26F2Si. The molecule has 0 amide bonds. The molecule has 2 radical (unpaired) electrons. The molecule has 1 aromatic rings. The van der Waals surface area contributed by atoms with Crippen molar-refractivity contribution in [2.45, 2.75) is 70.4 Å². The molecule has 1 aromatic carbocycles. The molecule has 0 unspecified atom stereocenters. The first-order valence-electron chi connectivity index (χ1n) is 8.26. The maximum atomic E-state index is 13.3. The van der Waals surface area contributed by atoms with Crippen LogP contribution in [-0.4, -0.2) is 9.52 Å². The minimum atomic E-state index is -0.745. The first kappa shape index (κ1) is 16.7. The van der Waals surface area contributed by atoms with E-state index in [1.54, 1.807) is 6.07 Å². The van der Waals surface area contributed by atoms with Gasteiger partial charge in [0.1, 0.15) is 0 Å². The Bertz CT molecular complexity index is 451. The lowest BCUT2D eigenvalue weighted by Crippen LogP contribution is -2.27. The summed E-state index contributed by atoms with van der Waals surface area (Å²) in [5.41, 5.74) is 2.30. The number of hydrogen-bond acceptors (Lipinski definition) is 0. The van der Waals surface area contributed by atoms with Crippen molar-refractivity contribution < 1.29 is 8.78 Å². The number of hydrogen-bond donors (Lipinski definition) is 0. The van der Waals surface area contributed by atoms with Gasteiger partial charge in [0, 0.05) is 9.52 Å². The van der Waals surface area contributed by atoms with Gasteiger partial charge >= 0.3 is 0 Å². The Morgan fingerprint density at radius 2 is 1.86 bits per heavy atom. The van der Waals surface area contributed by atoms with Crippen LogP contribution in [0.5, 0.6) is 0 Å². The predicted octanol–water partition coefficient (Wildman–Crippen LogP) is 5.80. The molecule has 116 valence electrons. The highest BCUT2D eigenvalue weighted by atomic mass is 28.2. The van der Waals surface area contributed by atoms with Crippen LogP contribution < -0.4 is 0 Å². The van der Waals surface area contributed by atoms with Crippen molar-refractivity contribution in [1.82, 2.24) is 0 Å². The molecule has 0 bridgehead atoms. The normalized spacial score (nSPS) is 26.0. The summed E-state index contributed by atoms with van der Waals surface area (Å²) in [5, 5.41) is 0. The number of aryl methyl sites for hydroxylation is 1. The minimum Gasteiger partial charge on any atom is -0.204 e. The third-order valence-electron chi connectivity index (χ3n) is 5.22. The van der Waals surface area contributed by atoms with Crippen molar-refractivity contribution in [3.63, 3.8) is 0 Å². The molecule has 0 aliphatic heterocycles. The van der Waals surface area contributed by atoms with E-state index in [1.807, 2.05) is 0 Å². The average molecular weight is 308 g/mol. The molecule has 1 aliphatic carbocycles. The van der Waals surface area contributed by atoms with Gasteiger partial charge in [-0.05, 0) is 54.3 Å². The van der Waals surface area contributed by atoms with Gasteiger partial charge in [-0.1, -0.05) is 45.2 Å².